The second-order valence-corrected chi connectivity index (χ2v) is 3.82. The summed E-state index contributed by atoms with van der Waals surface area (Å²) in [5.74, 6) is -0.712. The first-order valence-corrected chi connectivity index (χ1v) is 4.50. The van der Waals surface area contributed by atoms with Crippen LogP contribution in [0.4, 0.5) is 0 Å². The molecule has 1 rings (SSSR count). The number of allylic oxidation sites excluding steroid dienone is 2. The van der Waals surface area contributed by atoms with E-state index >= 15 is 0 Å². The molecule has 0 spiro atoms. The first-order valence-electron chi connectivity index (χ1n) is 2.52. The minimum atomic E-state index is -0.712. The number of hydrogen-bond acceptors (Lipinski definition) is 1. The molecule has 1 atom stereocenters. The Morgan fingerprint density at radius 3 is 2.67 bits per heavy atom. The Morgan fingerprint density at radius 1 is 1.56 bits per heavy atom. The summed E-state index contributed by atoms with van der Waals surface area (Å²) >= 11 is 0.126. The molecule has 1 N–H and O–H groups in total. The standard InChI is InChI=1S/C6H6O2Se/c7-6(8)5-3-1-2-4-9-5/h1-5H,(H,7,8). The van der Waals surface area contributed by atoms with Crippen LogP contribution in [0.3, 0.4) is 0 Å². The fourth-order valence-electron chi connectivity index (χ4n) is 0.526. The molecule has 3 heteroatoms. The van der Waals surface area contributed by atoms with Crippen LogP contribution < -0.4 is 0 Å². The molecule has 0 aromatic carbocycles. The van der Waals surface area contributed by atoms with E-state index in [0.717, 1.165) is 0 Å². The van der Waals surface area contributed by atoms with Gasteiger partial charge in [-0.15, -0.1) is 0 Å². The molecular formula is C6H6O2Se. The summed E-state index contributed by atoms with van der Waals surface area (Å²) in [6.45, 7) is 0. The quantitative estimate of drug-likeness (QED) is 0.615. The predicted octanol–water partition coefficient (Wildman–Crippen LogP) is 0.647. The van der Waals surface area contributed by atoms with E-state index in [4.69, 9.17) is 5.11 Å². The third-order valence-corrected chi connectivity index (χ3v) is 2.97. The van der Waals surface area contributed by atoms with Crippen LogP contribution in [0, 0.1) is 0 Å². The molecule has 0 amide bonds. The molecule has 0 saturated heterocycles. The predicted molar refractivity (Wildman–Crippen MR) is 35.4 cm³/mol. The van der Waals surface area contributed by atoms with E-state index in [1.165, 1.54) is 0 Å². The van der Waals surface area contributed by atoms with Crippen LogP contribution in [-0.2, 0) is 4.79 Å². The summed E-state index contributed by atoms with van der Waals surface area (Å²) in [6.07, 6.45) is 5.39. The van der Waals surface area contributed by atoms with Gasteiger partial charge in [-0.05, 0) is 0 Å². The van der Waals surface area contributed by atoms with E-state index in [2.05, 4.69) is 0 Å². The van der Waals surface area contributed by atoms with E-state index in [0.29, 0.717) is 0 Å². The zero-order chi connectivity index (χ0) is 6.69. The molecule has 0 fully saturated rings. The van der Waals surface area contributed by atoms with Gasteiger partial charge in [-0.3, -0.25) is 0 Å². The van der Waals surface area contributed by atoms with Gasteiger partial charge in [0.2, 0.25) is 0 Å². The molecule has 48 valence electrons. The molecule has 0 saturated carbocycles. The Balaban J connectivity index is 2.56. The third-order valence-electron chi connectivity index (χ3n) is 0.944. The van der Waals surface area contributed by atoms with Crippen molar-refractivity contribution in [3.05, 3.63) is 23.2 Å². The zero-order valence-corrected chi connectivity index (χ0v) is 6.36. The number of carboxylic acids is 1. The van der Waals surface area contributed by atoms with Crippen LogP contribution >= 0.6 is 0 Å². The summed E-state index contributed by atoms with van der Waals surface area (Å²) in [5, 5.41) is 8.47. The number of aliphatic carboxylic acids is 1. The molecule has 0 aliphatic carbocycles. The second kappa shape index (κ2) is 2.85. The van der Waals surface area contributed by atoms with Gasteiger partial charge in [0.25, 0.3) is 0 Å². The summed E-state index contributed by atoms with van der Waals surface area (Å²) in [5.41, 5.74) is 0. The normalized spacial score (nSPS) is 24.2. The maximum atomic E-state index is 10.3. The second-order valence-electron chi connectivity index (χ2n) is 1.61. The van der Waals surface area contributed by atoms with Gasteiger partial charge in [0.05, 0.1) is 0 Å². The molecule has 0 bridgehead atoms. The van der Waals surface area contributed by atoms with Crippen molar-refractivity contribution in [2.75, 3.05) is 0 Å². The molecule has 1 heterocycles. The van der Waals surface area contributed by atoms with Gasteiger partial charge in [0.1, 0.15) is 0 Å². The molecule has 2 nitrogen and oxygen atoms in total. The summed E-state index contributed by atoms with van der Waals surface area (Å²) in [4.78, 5) is 12.0. The topological polar surface area (TPSA) is 37.3 Å². The van der Waals surface area contributed by atoms with Gasteiger partial charge in [0.15, 0.2) is 0 Å². The van der Waals surface area contributed by atoms with Crippen LogP contribution in [-0.4, -0.2) is 26.0 Å². The number of carboxylic acid groups (broad SMARTS) is 1. The summed E-state index contributed by atoms with van der Waals surface area (Å²) < 4.78 is 0. The first kappa shape index (κ1) is 6.59. The fraction of sp³-hybridized carbons (Fsp3) is 0.167. The van der Waals surface area contributed by atoms with Gasteiger partial charge in [0, 0.05) is 0 Å². The molecule has 1 aliphatic rings. The van der Waals surface area contributed by atoms with Crippen molar-refractivity contribution in [2.45, 2.75) is 4.82 Å². The number of hydrogen-bond donors (Lipinski definition) is 1. The van der Waals surface area contributed by atoms with Crippen LogP contribution in [0.2, 0.25) is 4.82 Å². The Bertz CT molecular complexity index is 172. The molecule has 1 aliphatic heterocycles. The van der Waals surface area contributed by atoms with Gasteiger partial charge in [-0.25, -0.2) is 0 Å². The fourth-order valence-corrected chi connectivity index (χ4v) is 1.89. The van der Waals surface area contributed by atoms with Crippen LogP contribution in [0.15, 0.2) is 23.2 Å². The van der Waals surface area contributed by atoms with Crippen LogP contribution in [0.1, 0.15) is 0 Å². The van der Waals surface area contributed by atoms with Crippen molar-refractivity contribution >= 4 is 20.9 Å². The van der Waals surface area contributed by atoms with Crippen molar-refractivity contribution in [2.24, 2.45) is 0 Å². The molecule has 0 aromatic heterocycles. The van der Waals surface area contributed by atoms with Gasteiger partial charge >= 0.3 is 58.8 Å². The average molecular weight is 189 g/mol. The Kier molecular flexibility index (Phi) is 2.09. The van der Waals surface area contributed by atoms with E-state index in [1.807, 2.05) is 11.1 Å². The van der Waals surface area contributed by atoms with E-state index in [-0.39, 0.29) is 19.8 Å². The monoisotopic (exact) mass is 190 g/mol. The van der Waals surface area contributed by atoms with Crippen molar-refractivity contribution in [1.82, 2.24) is 0 Å². The average Bonchev–Trinajstić information content (AvgIpc) is 1.90. The van der Waals surface area contributed by atoms with Gasteiger partial charge in [-0.1, -0.05) is 0 Å². The van der Waals surface area contributed by atoms with Gasteiger partial charge in [-0.2, -0.15) is 0 Å². The minimum absolute atomic E-state index is 0.126. The van der Waals surface area contributed by atoms with E-state index < -0.39 is 5.97 Å². The van der Waals surface area contributed by atoms with E-state index in [1.54, 1.807) is 12.2 Å². The Hall–Kier alpha value is -0.531. The third kappa shape index (κ3) is 1.70. The van der Waals surface area contributed by atoms with Gasteiger partial charge < -0.3 is 0 Å². The molecule has 1 unspecified atom stereocenters. The van der Waals surface area contributed by atoms with Crippen LogP contribution in [0.5, 0.6) is 0 Å². The van der Waals surface area contributed by atoms with Crippen molar-refractivity contribution in [1.29, 1.82) is 0 Å². The number of rotatable bonds is 1. The summed E-state index contributed by atoms with van der Waals surface area (Å²) in [7, 11) is 0. The van der Waals surface area contributed by atoms with Crippen molar-refractivity contribution in [3.8, 4) is 0 Å². The molecule has 0 aromatic rings. The molecule has 9 heavy (non-hydrogen) atoms. The zero-order valence-electron chi connectivity index (χ0n) is 4.65. The van der Waals surface area contributed by atoms with Crippen molar-refractivity contribution < 1.29 is 9.90 Å². The van der Waals surface area contributed by atoms with E-state index in [9.17, 15) is 4.79 Å². The maximum absolute atomic E-state index is 10.3. The van der Waals surface area contributed by atoms with Crippen LogP contribution in [0.25, 0.3) is 0 Å². The Labute approximate surface area is 59.4 Å². The Morgan fingerprint density at radius 2 is 2.33 bits per heavy atom. The molecular weight excluding hydrogens is 183 g/mol. The SMILES string of the molecule is O=C(O)C1C=CC=C[Se]1. The molecule has 0 radical (unpaired) electrons. The first-order chi connectivity index (χ1) is 4.30. The van der Waals surface area contributed by atoms with Crippen molar-refractivity contribution in [3.63, 3.8) is 0 Å². The summed E-state index contributed by atoms with van der Waals surface area (Å²) in [6, 6.07) is 0. The number of carbonyl (C=O) groups is 1.